The molecule has 0 radical (unpaired) electrons. The Labute approximate surface area is 167 Å². The number of rotatable bonds is 9. The summed E-state index contributed by atoms with van der Waals surface area (Å²) in [5.41, 5.74) is 3.43. The fourth-order valence-corrected chi connectivity index (χ4v) is 3.41. The van der Waals surface area contributed by atoms with E-state index in [4.69, 9.17) is 14.5 Å². The summed E-state index contributed by atoms with van der Waals surface area (Å²) in [6, 6.07) is 26.4. The van der Waals surface area contributed by atoms with Crippen molar-refractivity contribution < 1.29 is 14.5 Å². The van der Waals surface area contributed by atoms with Crippen LogP contribution in [-0.4, -0.2) is 6.61 Å². The number of hydrogen-bond acceptors (Lipinski definition) is 3. The van der Waals surface area contributed by atoms with E-state index in [-0.39, 0.29) is 5.92 Å². The SMILES string of the molecule is CCOc1ccc(C(c2ccccc2OOCc2ccccc2)C(C)C)cc1. The van der Waals surface area contributed by atoms with Gasteiger partial charge in [0.15, 0.2) is 5.75 Å². The van der Waals surface area contributed by atoms with Gasteiger partial charge in [0, 0.05) is 11.5 Å². The second-order valence-electron chi connectivity index (χ2n) is 7.09. The lowest BCUT2D eigenvalue weighted by Gasteiger charge is -2.24. The van der Waals surface area contributed by atoms with Crippen molar-refractivity contribution in [3.8, 4) is 11.5 Å². The first kappa shape index (κ1) is 20.0. The molecule has 28 heavy (non-hydrogen) atoms. The molecule has 0 aliphatic rings. The van der Waals surface area contributed by atoms with Crippen LogP contribution in [0.25, 0.3) is 0 Å². The number of benzene rings is 3. The maximum atomic E-state index is 5.73. The van der Waals surface area contributed by atoms with E-state index in [9.17, 15) is 0 Å². The fourth-order valence-electron chi connectivity index (χ4n) is 3.41. The second-order valence-corrected chi connectivity index (χ2v) is 7.09. The first-order valence-corrected chi connectivity index (χ1v) is 9.84. The molecule has 3 heteroatoms. The summed E-state index contributed by atoms with van der Waals surface area (Å²) in [5, 5.41) is 0. The number of hydrogen-bond donors (Lipinski definition) is 0. The third-order valence-corrected chi connectivity index (χ3v) is 4.69. The zero-order chi connectivity index (χ0) is 19.8. The summed E-state index contributed by atoms with van der Waals surface area (Å²) in [6.45, 7) is 7.52. The Bertz CT molecular complexity index is 841. The molecule has 1 unspecified atom stereocenters. The highest BCUT2D eigenvalue weighted by molar-refractivity contribution is 5.43. The minimum Gasteiger partial charge on any atom is -0.494 e. The van der Waals surface area contributed by atoms with Gasteiger partial charge in [-0.05, 0) is 42.2 Å². The van der Waals surface area contributed by atoms with Gasteiger partial charge in [-0.1, -0.05) is 74.5 Å². The minimum absolute atomic E-state index is 0.201. The molecule has 0 spiro atoms. The average Bonchev–Trinajstić information content (AvgIpc) is 2.71. The summed E-state index contributed by atoms with van der Waals surface area (Å²) in [7, 11) is 0. The molecule has 3 aromatic carbocycles. The lowest BCUT2D eigenvalue weighted by atomic mass is 9.82. The lowest BCUT2D eigenvalue weighted by molar-refractivity contribution is -0.218. The van der Waals surface area contributed by atoms with E-state index < -0.39 is 0 Å². The standard InChI is InChI=1S/C25H28O3/c1-4-26-22-16-14-21(15-17-22)25(19(2)3)23-12-8-9-13-24(23)28-27-18-20-10-6-5-7-11-20/h5-17,19,25H,4,18H2,1-3H3. The van der Waals surface area contributed by atoms with E-state index in [1.54, 1.807) is 0 Å². The van der Waals surface area contributed by atoms with Crippen LogP contribution in [-0.2, 0) is 11.5 Å². The maximum Gasteiger partial charge on any atom is 0.169 e. The molecule has 0 fully saturated rings. The molecule has 0 saturated heterocycles. The second kappa shape index (κ2) is 9.95. The smallest absolute Gasteiger partial charge is 0.169 e. The van der Waals surface area contributed by atoms with Gasteiger partial charge >= 0.3 is 0 Å². The minimum atomic E-state index is 0.201. The summed E-state index contributed by atoms with van der Waals surface area (Å²) in [4.78, 5) is 11.3. The van der Waals surface area contributed by atoms with Crippen molar-refractivity contribution in [1.82, 2.24) is 0 Å². The molecule has 0 aliphatic carbocycles. The molecule has 0 aromatic heterocycles. The highest BCUT2D eigenvalue weighted by Crippen LogP contribution is 2.37. The van der Waals surface area contributed by atoms with Gasteiger partial charge in [0.2, 0.25) is 0 Å². The van der Waals surface area contributed by atoms with Crippen LogP contribution in [0.15, 0.2) is 78.9 Å². The van der Waals surface area contributed by atoms with E-state index in [0.29, 0.717) is 19.1 Å². The Hall–Kier alpha value is -2.78. The van der Waals surface area contributed by atoms with Gasteiger partial charge in [-0.25, -0.2) is 0 Å². The lowest BCUT2D eigenvalue weighted by Crippen LogP contribution is -2.11. The van der Waals surface area contributed by atoms with Crippen LogP contribution < -0.4 is 9.62 Å². The molecule has 0 saturated carbocycles. The van der Waals surface area contributed by atoms with Crippen molar-refractivity contribution in [3.05, 3.63) is 95.6 Å². The third-order valence-electron chi connectivity index (χ3n) is 4.69. The maximum absolute atomic E-state index is 5.73. The molecule has 0 heterocycles. The van der Waals surface area contributed by atoms with E-state index in [1.807, 2.05) is 67.6 Å². The van der Waals surface area contributed by atoms with E-state index in [2.05, 4.69) is 32.0 Å². The molecule has 3 nitrogen and oxygen atoms in total. The van der Waals surface area contributed by atoms with E-state index in [1.165, 1.54) is 5.56 Å². The molecule has 0 N–H and O–H groups in total. The van der Waals surface area contributed by atoms with Gasteiger partial charge in [0.1, 0.15) is 12.4 Å². The van der Waals surface area contributed by atoms with Gasteiger partial charge < -0.3 is 9.62 Å². The Morgan fingerprint density at radius 3 is 2.14 bits per heavy atom. The summed E-state index contributed by atoms with van der Waals surface area (Å²) in [5.74, 6) is 2.25. The predicted octanol–water partition coefficient (Wildman–Crippen LogP) is 6.38. The predicted molar refractivity (Wildman–Crippen MR) is 113 cm³/mol. The Morgan fingerprint density at radius 1 is 0.786 bits per heavy atom. The van der Waals surface area contributed by atoms with Gasteiger partial charge in [0.25, 0.3) is 0 Å². The van der Waals surface area contributed by atoms with E-state index >= 15 is 0 Å². The first-order valence-electron chi connectivity index (χ1n) is 9.84. The molecule has 0 bridgehead atoms. The number of para-hydroxylation sites is 1. The normalized spacial score (nSPS) is 12.0. The van der Waals surface area contributed by atoms with Crippen molar-refractivity contribution in [1.29, 1.82) is 0 Å². The number of ether oxygens (including phenoxy) is 1. The summed E-state index contributed by atoms with van der Waals surface area (Å²) >= 11 is 0. The van der Waals surface area contributed by atoms with Crippen LogP contribution >= 0.6 is 0 Å². The molecular formula is C25H28O3. The van der Waals surface area contributed by atoms with Crippen LogP contribution in [0, 0.1) is 5.92 Å². The van der Waals surface area contributed by atoms with Crippen molar-refractivity contribution >= 4 is 0 Å². The Balaban J connectivity index is 1.79. The highest BCUT2D eigenvalue weighted by atomic mass is 17.2. The van der Waals surface area contributed by atoms with Crippen LogP contribution in [0.4, 0.5) is 0 Å². The zero-order valence-electron chi connectivity index (χ0n) is 16.8. The fraction of sp³-hybridized carbons (Fsp3) is 0.280. The molecule has 3 aromatic rings. The van der Waals surface area contributed by atoms with Gasteiger partial charge in [-0.3, -0.25) is 0 Å². The molecular weight excluding hydrogens is 348 g/mol. The molecule has 0 aliphatic heterocycles. The topological polar surface area (TPSA) is 27.7 Å². The zero-order valence-corrected chi connectivity index (χ0v) is 16.8. The monoisotopic (exact) mass is 376 g/mol. The third kappa shape index (κ3) is 5.14. The van der Waals surface area contributed by atoms with Crippen LogP contribution in [0.3, 0.4) is 0 Å². The quantitative estimate of drug-likeness (QED) is 0.320. The first-order chi connectivity index (χ1) is 13.7. The van der Waals surface area contributed by atoms with Crippen molar-refractivity contribution in [3.63, 3.8) is 0 Å². The van der Waals surface area contributed by atoms with Gasteiger partial charge in [0.05, 0.1) is 6.61 Å². The summed E-state index contributed by atoms with van der Waals surface area (Å²) < 4.78 is 5.58. The van der Waals surface area contributed by atoms with Crippen LogP contribution in [0.2, 0.25) is 0 Å². The van der Waals surface area contributed by atoms with Gasteiger partial charge in [-0.2, -0.15) is 4.89 Å². The average molecular weight is 376 g/mol. The van der Waals surface area contributed by atoms with Crippen molar-refractivity contribution in [2.45, 2.75) is 33.3 Å². The molecule has 3 rings (SSSR count). The van der Waals surface area contributed by atoms with Gasteiger partial charge in [-0.15, -0.1) is 0 Å². The van der Waals surface area contributed by atoms with Crippen LogP contribution in [0.5, 0.6) is 11.5 Å². The summed E-state index contributed by atoms with van der Waals surface area (Å²) in [6.07, 6.45) is 0. The molecule has 1 atom stereocenters. The largest absolute Gasteiger partial charge is 0.494 e. The van der Waals surface area contributed by atoms with Crippen molar-refractivity contribution in [2.24, 2.45) is 5.92 Å². The Morgan fingerprint density at radius 2 is 1.46 bits per heavy atom. The van der Waals surface area contributed by atoms with Crippen molar-refractivity contribution in [2.75, 3.05) is 6.61 Å². The molecule has 0 amide bonds. The van der Waals surface area contributed by atoms with E-state index in [0.717, 1.165) is 22.6 Å². The highest BCUT2D eigenvalue weighted by Gasteiger charge is 2.22. The van der Waals surface area contributed by atoms with Crippen LogP contribution in [0.1, 0.15) is 43.4 Å². The molecule has 146 valence electrons. The Kier molecular flexibility index (Phi) is 7.10.